The Bertz CT molecular complexity index is 145. The quantitative estimate of drug-likeness (QED) is 0.308. The number of nitrogens with two attached hydrogens (primary N) is 2. The number of carbonyl (C=O) groups excluding carboxylic acids is 1. The van der Waals surface area contributed by atoms with Gasteiger partial charge in [0.15, 0.2) is 0 Å². The maximum absolute atomic E-state index is 10.1. The maximum atomic E-state index is 10.1. The molecule has 0 radical (unpaired) electrons. The molecule has 0 saturated carbocycles. The second kappa shape index (κ2) is 3.71. The van der Waals surface area contributed by atoms with Gasteiger partial charge >= 0.3 is 6.03 Å². The molecule has 0 aliphatic rings. The molecule has 5 nitrogen and oxygen atoms in total. The Labute approximate surface area is 59.3 Å². The van der Waals surface area contributed by atoms with E-state index in [1.165, 1.54) is 0 Å². The molecular weight excluding hydrogens is 132 g/mol. The summed E-state index contributed by atoms with van der Waals surface area (Å²) >= 11 is 0. The molecule has 0 aromatic heterocycles. The van der Waals surface area contributed by atoms with Crippen molar-refractivity contribution in [1.82, 2.24) is 5.32 Å². The van der Waals surface area contributed by atoms with Crippen LogP contribution in [-0.2, 0) is 0 Å². The zero-order valence-corrected chi connectivity index (χ0v) is 5.85. The number of amidine groups is 1. The third kappa shape index (κ3) is 3.71. The number of rotatable bonds is 3. The summed E-state index contributed by atoms with van der Waals surface area (Å²) in [7, 11) is 0. The zero-order chi connectivity index (χ0) is 8.15. The molecular formula is C5H12N4O. The van der Waals surface area contributed by atoms with E-state index in [1.807, 2.05) is 0 Å². The summed E-state index contributed by atoms with van der Waals surface area (Å²) in [5.41, 5.74) is 9.89. The first-order valence-electron chi connectivity index (χ1n) is 2.91. The molecule has 1 unspecified atom stereocenters. The van der Waals surface area contributed by atoms with Gasteiger partial charge in [-0.3, -0.25) is 5.41 Å². The number of hydrogen-bond acceptors (Lipinski definition) is 2. The molecule has 58 valence electrons. The van der Waals surface area contributed by atoms with Gasteiger partial charge in [0.25, 0.3) is 0 Å². The van der Waals surface area contributed by atoms with Crippen molar-refractivity contribution >= 4 is 11.9 Å². The van der Waals surface area contributed by atoms with Gasteiger partial charge in [0, 0.05) is 12.5 Å². The van der Waals surface area contributed by atoms with E-state index in [0.29, 0.717) is 6.54 Å². The van der Waals surface area contributed by atoms with Crippen LogP contribution in [0.15, 0.2) is 0 Å². The van der Waals surface area contributed by atoms with Gasteiger partial charge in [-0.15, -0.1) is 0 Å². The lowest BCUT2D eigenvalue weighted by Gasteiger charge is -2.08. The van der Waals surface area contributed by atoms with E-state index in [4.69, 9.17) is 16.9 Å². The van der Waals surface area contributed by atoms with E-state index in [-0.39, 0.29) is 11.8 Å². The van der Waals surface area contributed by atoms with Crippen LogP contribution in [0.5, 0.6) is 0 Å². The highest BCUT2D eigenvalue weighted by Crippen LogP contribution is 1.88. The van der Waals surface area contributed by atoms with Gasteiger partial charge in [-0.1, -0.05) is 6.92 Å². The molecule has 0 fully saturated rings. The summed E-state index contributed by atoms with van der Waals surface area (Å²) in [6.07, 6.45) is 0. The normalized spacial score (nSPS) is 12.1. The van der Waals surface area contributed by atoms with Crippen LogP contribution >= 0.6 is 0 Å². The Morgan fingerprint density at radius 3 is 2.50 bits per heavy atom. The van der Waals surface area contributed by atoms with Gasteiger partial charge in [0.05, 0.1) is 5.84 Å². The van der Waals surface area contributed by atoms with Crippen molar-refractivity contribution in [3.8, 4) is 0 Å². The van der Waals surface area contributed by atoms with Crippen molar-refractivity contribution in [2.45, 2.75) is 6.92 Å². The van der Waals surface area contributed by atoms with Crippen molar-refractivity contribution in [2.24, 2.45) is 17.4 Å². The van der Waals surface area contributed by atoms with Gasteiger partial charge in [-0.05, 0) is 0 Å². The fourth-order valence-corrected chi connectivity index (χ4v) is 0.364. The average Bonchev–Trinajstić information content (AvgIpc) is 1.82. The predicted octanol–water partition coefficient (Wildman–Crippen LogP) is -0.773. The van der Waals surface area contributed by atoms with Gasteiger partial charge in [0.1, 0.15) is 0 Å². The highest BCUT2D eigenvalue weighted by atomic mass is 16.2. The molecule has 0 aromatic rings. The van der Waals surface area contributed by atoms with Crippen LogP contribution in [0.25, 0.3) is 0 Å². The van der Waals surface area contributed by atoms with Crippen molar-refractivity contribution in [3.63, 3.8) is 0 Å². The van der Waals surface area contributed by atoms with Crippen LogP contribution in [0, 0.1) is 11.3 Å². The number of primary amides is 1. The first kappa shape index (κ1) is 8.74. The molecule has 6 N–H and O–H groups in total. The number of hydrogen-bond donors (Lipinski definition) is 4. The van der Waals surface area contributed by atoms with Crippen molar-refractivity contribution in [1.29, 1.82) is 5.41 Å². The highest BCUT2D eigenvalue weighted by Gasteiger charge is 2.04. The maximum Gasteiger partial charge on any atom is 0.312 e. The smallest absolute Gasteiger partial charge is 0.312 e. The highest BCUT2D eigenvalue weighted by molar-refractivity contribution is 5.80. The topological polar surface area (TPSA) is 105 Å². The minimum absolute atomic E-state index is 0.0498. The minimum Gasteiger partial charge on any atom is -0.387 e. The summed E-state index contributed by atoms with van der Waals surface area (Å²) < 4.78 is 0. The van der Waals surface area contributed by atoms with Crippen LogP contribution in [0.4, 0.5) is 4.79 Å². The fraction of sp³-hybridized carbons (Fsp3) is 0.600. The third-order valence-electron chi connectivity index (χ3n) is 1.11. The molecule has 0 rings (SSSR count). The SMILES string of the molecule is CC(CNC(N)=O)C(=N)N. The predicted molar refractivity (Wildman–Crippen MR) is 38.7 cm³/mol. The van der Waals surface area contributed by atoms with Crippen LogP contribution in [0.2, 0.25) is 0 Å². The Morgan fingerprint density at radius 1 is 1.70 bits per heavy atom. The fourth-order valence-electron chi connectivity index (χ4n) is 0.364. The van der Waals surface area contributed by atoms with Crippen molar-refractivity contribution in [2.75, 3.05) is 6.54 Å². The van der Waals surface area contributed by atoms with E-state index < -0.39 is 6.03 Å². The zero-order valence-electron chi connectivity index (χ0n) is 5.85. The van der Waals surface area contributed by atoms with E-state index >= 15 is 0 Å². The monoisotopic (exact) mass is 144 g/mol. The molecule has 0 bridgehead atoms. The molecule has 5 heteroatoms. The summed E-state index contributed by atoms with van der Waals surface area (Å²) in [6.45, 7) is 2.06. The molecule has 0 spiro atoms. The number of urea groups is 1. The first-order valence-corrected chi connectivity index (χ1v) is 2.91. The van der Waals surface area contributed by atoms with Crippen molar-refractivity contribution < 1.29 is 4.79 Å². The molecule has 0 saturated heterocycles. The molecule has 0 aromatic carbocycles. The summed E-state index contributed by atoms with van der Waals surface area (Å²) in [4.78, 5) is 10.1. The first-order chi connectivity index (χ1) is 4.54. The average molecular weight is 144 g/mol. The lowest BCUT2D eigenvalue weighted by atomic mass is 10.2. The summed E-state index contributed by atoms with van der Waals surface area (Å²) in [5.74, 6) is -0.0961. The Balaban J connectivity index is 3.49. The molecule has 2 amide bonds. The van der Waals surface area contributed by atoms with Crippen LogP contribution < -0.4 is 16.8 Å². The summed E-state index contributed by atoms with van der Waals surface area (Å²) in [5, 5.41) is 9.27. The lowest BCUT2D eigenvalue weighted by Crippen LogP contribution is -2.37. The van der Waals surface area contributed by atoms with Gasteiger partial charge in [-0.25, -0.2) is 4.79 Å². The van der Waals surface area contributed by atoms with Gasteiger partial charge in [-0.2, -0.15) is 0 Å². The molecule has 0 aliphatic carbocycles. The van der Waals surface area contributed by atoms with Crippen LogP contribution in [-0.4, -0.2) is 18.4 Å². The third-order valence-corrected chi connectivity index (χ3v) is 1.11. The van der Waals surface area contributed by atoms with Gasteiger partial charge in [0.2, 0.25) is 0 Å². The molecule has 1 atom stereocenters. The number of amides is 2. The second-order valence-electron chi connectivity index (χ2n) is 2.10. The molecule has 0 heterocycles. The van der Waals surface area contributed by atoms with E-state index in [2.05, 4.69) is 5.32 Å². The van der Waals surface area contributed by atoms with Crippen LogP contribution in [0.3, 0.4) is 0 Å². The molecule has 0 aliphatic heterocycles. The number of carbonyl (C=O) groups is 1. The van der Waals surface area contributed by atoms with Crippen LogP contribution in [0.1, 0.15) is 6.92 Å². The molecule has 10 heavy (non-hydrogen) atoms. The Hall–Kier alpha value is -1.26. The largest absolute Gasteiger partial charge is 0.387 e. The minimum atomic E-state index is -0.590. The Morgan fingerprint density at radius 2 is 2.20 bits per heavy atom. The van der Waals surface area contributed by atoms with E-state index in [0.717, 1.165) is 0 Å². The number of nitrogens with one attached hydrogen (secondary N) is 2. The van der Waals surface area contributed by atoms with E-state index in [9.17, 15) is 4.79 Å². The standard InChI is InChI=1S/C5H12N4O/c1-3(4(6)7)2-9-5(8)10/h3H,2H2,1H3,(H3,6,7)(H3,8,9,10). The Kier molecular flexibility index (Phi) is 3.24. The summed E-state index contributed by atoms with van der Waals surface area (Å²) in [6, 6.07) is -0.590. The lowest BCUT2D eigenvalue weighted by molar-refractivity contribution is 0.248. The van der Waals surface area contributed by atoms with E-state index in [1.54, 1.807) is 6.92 Å². The second-order valence-corrected chi connectivity index (χ2v) is 2.10. The van der Waals surface area contributed by atoms with Crippen molar-refractivity contribution in [3.05, 3.63) is 0 Å². The van der Waals surface area contributed by atoms with Gasteiger partial charge < -0.3 is 16.8 Å².